The van der Waals surface area contributed by atoms with Crippen LogP contribution in [0.2, 0.25) is 0 Å². The first kappa shape index (κ1) is 12.0. The second kappa shape index (κ2) is 4.66. The molecule has 0 bridgehead atoms. The van der Waals surface area contributed by atoms with Gasteiger partial charge in [-0.3, -0.25) is 14.9 Å². The number of hydrogen-bond acceptors (Lipinski definition) is 4. The minimum absolute atomic E-state index is 0.189. The smallest absolute Gasteiger partial charge is 0.259 e. The van der Waals surface area contributed by atoms with E-state index in [0.29, 0.717) is 17.3 Å². The zero-order valence-corrected chi connectivity index (χ0v) is 11.2. The van der Waals surface area contributed by atoms with E-state index >= 15 is 0 Å². The molecule has 1 aliphatic carbocycles. The molecule has 0 atom stereocenters. The third-order valence-corrected chi connectivity index (χ3v) is 3.61. The number of aromatic amines is 2. The highest BCUT2D eigenvalue weighted by Gasteiger charge is 2.27. The van der Waals surface area contributed by atoms with E-state index in [4.69, 9.17) is 0 Å². The third-order valence-electron chi connectivity index (χ3n) is 3.61. The minimum Gasteiger partial charge on any atom is -0.321 e. The molecule has 21 heavy (non-hydrogen) atoms. The van der Waals surface area contributed by atoms with Crippen LogP contribution in [0.4, 0.5) is 0 Å². The molecular weight excluding hydrogens is 266 g/mol. The van der Waals surface area contributed by atoms with Crippen LogP contribution in [0.5, 0.6) is 0 Å². The van der Waals surface area contributed by atoms with E-state index in [1.165, 1.54) is 0 Å². The van der Waals surface area contributed by atoms with Crippen molar-refractivity contribution in [1.82, 2.24) is 25.1 Å². The number of pyridine rings is 2. The highest BCUT2D eigenvalue weighted by Crippen LogP contribution is 2.38. The van der Waals surface area contributed by atoms with Crippen LogP contribution in [0.1, 0.15) is 24.6 Å². The Bertz CT molecular complexity index is 833. The van der Waals surface area contributed by atoms with Gasteiger partial charge in [0, 0.05) is 29.6 Å². The molecule has 1 fully saturated rings. The summed E-state index contributed by atoms with van der Waals surface area (Å²) in [6, 6.07) is 7.32. The predicted molar refractivity (Wildman–Crippen MR) is 77.6 cm³/mol. The first-order valence-corrected chi connectivity index (χ1v) is 6.87. The van der Waals surface area contributed by atoms with Gasteiger partial charge in [0.05, 0.1) is 5.56 Å². The zero-order chi connectivity index (χ0) is 14.2. The molecule has 0 unspecified atom stereocenters. The fourth-order valence-electron chi connectivity index (χ4n) is 2.28. The molecule has 0 saturated heterocycles. The molecule has 3 heterocycles. The maximum absolute atomic E-state index is 12.2. The van der Waals surface area contributed by atoms with E-state index in [2.05, 4.69) is 25.1 Å². The standard InChI is InChI=1S/C15H13N5O/c21-15-11(14-18-13(19-20-14)10-1-2-10)3-4-12(17-15)9-5-7-16-8-6-9/h3-8,10H,1-2H2,(H,17,21)(H,18,19,20). The van der Waals surface area contributed by atoms with Crippen molar-refractivity contribution in [3.63, 3.8) is 0 Å². The molecule has 1 aliphatic rings. The van der Waals surface area contributed by atoms with Crippen molar-refractivity contribution in [3.05, 3.63) is 52.8 Å². The summed E-state index contributed by atoms with van der Waals surface area (Å²) in [6.07, 6.45) is 5.68. The molecular formula is C15H13N5O. The van der Waals surface area contributed by atoms with Crippen molar-refractivity contribution in [3.8, 4) is 22.6 Å². The minimum atomic E-state index is -0.189. The van der Waals surface area contributed by atoms with Crippen LogP contribution in [-0.2, 0) is 0 Å². The fourth-order valence-corrected chi connectivity index (χ4v) is 2.28. The summed E-state index contributed by atoms with van der Waals surface area (Å²) in [5, 5.41) is 7.06. The van der Waals surface area contributed by atoms with Crippen molar-refractivity contribution >= 4 is 0 Å². The number of nitrogens with zero attached hydrogens (tertiary/aromatic N) is 3. The van der Waals surface area contributed by atoms with Gasteiger partial charge in [0.15, 0.2) is 5.82 Å². The molecule has 3 aromatic rings. The molecule has 2 N–H and O–H groups in total. The molecule has 0 amide bonds. The fraction of sp³-hybridized carbons (Fsp3) is 0.200. The van der Waals surface area contributed by atoms with Crippen molar-refractivity contribution in [2.24, 2.45) is 0 Å². The molecule has 6 nitrogen and oxygen atoms in total. The number of nitrogens with one attached hydrogen (secondary N) is 2. The van der Waals surface area contributed by atoms with Crippen LogP contribution >= 0.6 is 0 Å². The molecule has 0 spiro atoms. The monoisotopic (exact) mass is 279 g/mol. The number of rotatable bonds is 3. The normalized spacial score (nSPS) is 14.3. The van der Waals surface area contributed by atoms with Crippen LogP contribution in [0, 0.1) is 0 Å². The van der Waals surface area contributed by atoms with Gasteiger partial charge in [-0.2, -0.15) is 5.10 Å². The lowest BCUT2D eigenvalue weighted by Gasteiger charge is -2.01. The van der Waals surface area contributed by atoms with Gasteiger partial charge in [0.1, 0.15) is 5.82 Å². The highest BCUT2D eigenvalue weighted by atomic mass is 16.1. The number of hydrogen-bond donors (Lipinski definition) is 2. The second-order valence-corrected chi connectivity index (χ2v) is 5.17. The van der Waals surface area contributed by atoms with Gasteiger partial charge in [-0.25, -0.2) is 4.98 Å². The first-order chi connectivity index (χ1) is 10.3. The Morgan fingerprint density at radius 3 is 2.62 bits per heavy atom. The molecule has 6 heteroatoms. The van der Waals surface area contributed by atoms with Gasteiger partial charge in [-0.1, -0.05) is 0 Å². The van der Waals surface area contributed by atoms with Gasteiger partial charge in [0.2, 0.25) is 0 Å². The summed E-state index contributed by atoms with van der Waals surface area (Å²) in [6.45, 7) is 0. The van der Waals surface area contributed by atoms with E-state index in [1.54, 1.807) is 18.5 Å². The Morgan fingerprint density at radius 1 is 1.10 bits per heavy atom. The summed E-state index contributed by atoms with van der Waals surface area (Å²) in [5.74, 6) is 1.82. The Morgan fingerprint density at radius 2 is 1.90 bits per heavy atom. The molecule has 1 saturated carbocycles. The van der Waals surface area contributed by atoms with Gasteiger partial charge in [-0.05, 0) is 37.1 Å². The maximum Gasteiger partial charge on any atom is 0.259 e. The molecule has 104 valence electrons. The van der Waals surface area contributed by atoms with Crippen LogP contribution < -0.4 is 5.56 Å². The zero-order valence-electron chi connectivity index (χ0n) is 11.2. The molecule has 4 rings (SSSR count). The molecule has 0 aliphatic heterocycles. The Kier molecular flexibility index (Phi) is 2.67. The SMILES string of the molecule is O=c1[nH]c(-c2ccncc2)ccc1-c1n[nH]c(C2CC2)n1. The van der Waals surface area contributed by atoms with Crippen molar-refractivity contribution in [1.29, 1.82) is 0 Å². The van der Waals surface area contributed by atoms with Gasteiger partial charge in [0.25, 0.3) is 5.56 Å². The van der Waals surface area contributed by atoms with Crippen LogP contribution in [0.15, 0.2) is 41.5 Å². The van der Waals surface area contributed by atoms with E-state index in [0.717, 1.165) is 29.9 Å². The van der Waals surface area contributed by atoms with Crippen molar-refractivity contribution in [2.45, 2.75) is 18.8 Å². The molecule has 0 radical (unpaired) electrons. The predicted octanol–water partition coefficient (Wildman–Crippen LogP) is 2.10. The largest absolute Gasteiger partial charge is 0.321 e. The van der Waals surface area contributed by atoms with Crippen molar-refractivity contribution in [2.75, 3.05) is 0 Å². The lowest BCUT2D eigenvalue weighted by molar-refractivity contribution is 0.935. The summed E-state index contributed by atoms with van der Waals surface area (Å²) in [4.78, 5) is 23.5. The van der Waals surface area contributed by atoms with E-state index in [1.807, 2.05) is 18.2 Å². The summed E-state index contributed by atoms with van der Waals surface area (Å²) < 4.78 is 0. The van der Waals surface area contributed by atoms with Gasteiger partial charge in [-0.15, -0.1) is 0 Å². The molecule has 0 aromatic carbocycles. The molecule has 3 aromatic heterocycles. The van der Waals surface area contributed by atoms with Gasteiger partial charge >= 0.3 is 0 Å². The highest BCUT2D eigenvalue weighted by molar-refractivity contribution is 5.62. The van der Waals surface area contributed by atoms with E-state index in [9.17, 15) is 4.79 Å². The van der Waals surface area contributed by atoms with Crippen LogP contribution in [0.3, 0.4) is 0 Å². The van der Waals surface area contributed by atoms with Crippen LogP contribution in [0.25, 0.3) is 22.6 Å². The average molecular weight is 279 g/mol. The second-order valence-electron chi connectivity index (χ2n) is 5.17. The summed E-state index contributed by atoms with van der Waals surface area (Å²) in [7, 11) is 0. The first-order valence-electron chi connectivity index (χ1n) is 6.87. The summed E-state index contributed by atoms with van der Waals surface area (Å²) >= 11 is 0. The quantitative estimate of drug-likeness (QED) is 0.768. The summed E-state index contributed by atoms with van der Waals surface area (Å²) in [5.41, 5.74) is 1.97. The number of H-pyrrole nitrogens is 2. The van der Waals surface area contributed by atoms with Crippen LogP contribution in [-0.4, -0.2) is 25.1 Å². The van der Waals surface area contributed by atoms with Gasteiger partial charge < -0.3 is 4.98 Å². The van der Waals surface area contributed by atoms with Crippen molar-refractivity contribution < 1.29 is 0 Å². The van der Waals surface area contributed by atoms with E-state index < -0.39 is 0 Å². The van der Waals surface area contributed by atoms with E-state index in [-0.39, 0.29) is 5.56 Å². The average Bonchev–Trinajstić information content (AvgIpc) is 3.26. The third kappa shape index (κ3) is 2.24. The lowest BCUT2D eigenvalue weighted by Crippen LogP contribution is -2.10. The Hall–Kier alpha value is -2.76. The topological polar surface area (TPSA) is 87.3 Å². The Labute approximate surface area is 120 Å². The lowest BCUT2D eigenvalue weighted by atomic mass is 10.1. The Balaban J connectivity index is 1.72. The number of aromatic nitrogens is 5. The maximum atomic E-state index is 12.2.